The zero-order valence-corrected chi connectivity index (χ0v) is 9.30. The lowest BCUT2D eigenvalue weighted by atomic mass is 10.0. The van der Waals surface area contributed by atoms with Crippen molar-refractivity contribution >= 4 is 0 Å². The highest BCUT2D eigenvalue weighted by atomic mass is 14.0. The standard InChI is InChI=1S/C10H18.C2H6/c1-4-7-9-10(6-3)8-5-2;1-2/h4-5,7-8,10H,6,9H2,1-3H3;1-2H3/b7-4-,8-5-;. The van der Waals surface area contributed by atoms with E-state index in [0.717, 1.165) is 5.92 Å². The van der Waals surface area contributed by atoms with E-state index in [9.17, 15) is 0 Å². The smallest absolute Gasteiger partial charge is 0.0202 e. The molecular weight excluding hydrogens is 144 g/mol. The fraction of sp³-hybridized carbons (Fsp3) is 0.667. The minimum absolute atomic E-state index is 0.751. The van der Waals surface area contributed by atoms with Crippen molar-refractivity contribution in [2.75, 3.05) is 0 Å². The summed E-state index contributed by atoms with van der Waals surface area (Å²) in [6.07, 6.45) is 11.2. The molecule has 0 aromatic rings. The first-order valence-electron chi connectivity index (χ1n) is 5.09. The number of rotatable bonds is 4. The van der Waals surface area contributed by atoms with Gasteiger partial charge in [-0.3, -0.25) is 0 Å². The summed E-state index contributed by atoms with van der Waals surface area (Å²) in [4.78, 5) is 0. The predicted octanol–water partition coefficient (Wildman–Crippen LogP) is 4.58. The van der Waals surface area contributed by atoms with Crippen LogP contribution in [0.3, 0.4) is 0 Å². The molecule has 0 aliphatic carbocycles. The Morgan fingerprint density at radius 3 is 2.00 bits per heavy atom. The van der Waals surface area contributed by atoms with Gasteiger partial charge in [-0.05, 0) is 32.6 Å². The summed E-state index contributed by atoms with van der Waals surface area (Å²) < 4.78 is 0. The van der Waals surface area contributed by atoms with Crippen LogP contribution in [0.4, 0.5) is 0 Å². The van der Waals surface area contributed by atoms with Crippen molar-refractivity contribution in [1.29, 1.82) is 0 Å². The van der Waals surface area contributed by atoms with Gasteiger partial charge < -0.3 is 0 Å². The first-order chi connectivity index (χ1) is 5.85. The van der Waals surface area contributed by atoms with Crippen molar-refractivity contribution < 1.29 is 0 Å². The molecule has 0 fully saturated rings. The number of hydrogen-bond acceptors (Lipinski definition) is 0. The van der Waals surface area contributed by atoms with Crippen LogP contribution < -0.4 is 0 Å². The van der Waals surface area contributed by atoms with E-state index in [1.165, 1.54) is 12.8 Å². The average Bonchev–Trinajstić information content (AvgIpc) is 2.15. The van der Waals surface area contributed by atoms with Gasteiger partial charge in [-0.2, -0.15) is 0 Å². The molecule has 0 saturated heterocycles. The second-order valence-corrected chi connectivity index (χ2v) is 2.50. The summed E-state index contributed by atoms with van der Waals surface area (Å²) in [6.45, 7) is 10.4. The summed E-state index contributed by atoms with van der Waals surface area (Å²) in [5.41, 5.74) is 0. The summed E-state index contributed by atoms with van der Waals surface area (Å²) in [6, 6.07) is 0. The molecule has 0 aliphatic heterocycles. The third-order valence-corrected chi connectivity index (χ3v) is 1.66. The molecule has 0 heterocycles. The molecule has 1 unspecified atom stereocenters. The lowest BCUT2D eigenvalue weighted by Gasteiger charge is -2.04. The van der Waals surface area contributed by atoms with Gasteiger partial charge in [0.15, 0.2) is 0 Å². The lowest BCUT2D eigenvalue weighted by molar-refractivity contribution is 0.637. The molecule has 0 aromatic carbocycles. The average molecular weight is 168 g/mol. The normalized spacial score (nSPS) is 13.1. The molecule has 0 nitrogen and oxygen atoms in total. The Hall–Kier alpha value is -0.520. The quantitative estimate of drug-likeness (QED) is 0.539. The Kier molecular flexibility index (Phi) is 15.3. The van der Waals surface area contributed by atoms with Crippen molar-refractivity contribution in [2.45, 2.75) is 47.5 Å². The first-order valence-corrected chi connectivity index (χ1v) is 5.09. The van der Waals surface area contributed by atoms with Crippen molar-refractivity contribution in [3.05, 3.63) is 24.3 Å². The van der Waals surface area contributed by atoms with E-state index in [2.05, 4.69) is 45.1 Å². The molecule has 12 heavy (non-hydrogen) atoms. The van der Waals surface area contributed by atoms with Gasteiger partial charge in [0, 0.05) is 0 Å². The van der Waals surface area contributed by atoms with Crippen LogP contribution in [-0.4, -0.2) is 0 Å². The summed E-state index contributed by atoms with van der Waals surface area (Å²) in [5, 5.41) is 0. The topological polar surface area (TPSA) is 0 Å². The minimum Gasteiger partial charge on any atom is -0.0916 e. The summed E-state index contributed by atoms with van der Waals surface area (Å²) in [7, 11) is 0. The Morgan fingerprint density at radius 2 is 1.67 bits per heavy atom. The van der Waals surface area contributed by atoms with Crippen LogP contribution in [0.2, 0.25) is 0 Å². The molecule has 0 aliphatic rings. The van der Waals surface area contributed by atoms with Crippen molar-refractivity contribution in [1.82, 2.24) is 0 Å². The van der Waals surface area contributed by atoms with Crippen LogP contribution in [-0.2, 0) is 0 Å². The van der Waals surface area contributed by atoms with Crippen molar-refractivity contribution in [2.24, 2.45) is 5.92 Å². The maximum Gasteiger partial charge on any atom is -0.0202 e. The molecule has 0 N–H and O–H groups in total. The molecule has 0 rings (SSSR count). The van der Waals surface area contributed by atoms with Crippen LogP contribution in [0.25, 0.3) is 0 Å². The highest BCUT2D eigenvalue weighted by molar-refractivity contribution is 4.90. The highest BCUT2D eigenvalue weighted by Crippen LogP contribution is 2.09. The van der Waals surface area contributed by atoms with E-state index in [1.54, 1.807) is 0 Å². The van der Waals surface area contributed by atoms with Gasteiger partial charge in [0.2, 0.25) is 0 Å². The van der Waals surface area contributed by atoms with Crippen molar-refractivity contribution in [3.8, 4) is 0 Å². The molecule has 0 radical (unpaired) electrons. The zero-order valence-electron chi connectivity index (χ0n) is 9.30. The fourth-order valence-electron chi connectivity index (χ4n) is 0.964. The third-order valence-electron chi connectivity index (χ3n) is 1.66. The van der Waals surface area contributed by atoms with Gasteiger partial charge in [0.1, 0.15) is 0 Å². The van der Waals surface area contributed by atoms with Gasteiger partial charge >= 0.3 is 0 Å². The Morgan fingerprint density at radius 1 is 1.08 bits per heavy atom. The maximum atomic E-state index is 2.28. The van der Waals surface area contributed by atoms with Gasteiger partial charge in [0.25, 0.3) is 0 Å². The monoisotopic (exact) mass is 168 g/mol. The van der Waals surface area contributed by atoms with E-state index in [4.69, 9.17) is 0 Å². The Labute approximate surface area is 78.4 Å². The van der Waals surface area contributed by atoms with Crippen molar-refractivity contribution in [3.63, 3.8) is 0 Å². The van der Waals surface area contributed by atoms with Crippen LogP contribution >= 0.6 is 0 Å². The van der Waals surface area contributed by atoms with Crippen LogP contribution in [0.1, 0.15) is 47.5 Å². The molecule has 1 atom stereocenters. The summed E-state index contributed by atoms with van der Waals surface area (Å²) in [5.74, 6) is 0.751. The van der Waals surface area contributed by atoms with E-state index < -0.39 is 0 Å². The number of hydrogen-bond donors (Lipinski definition) is 0. The van der Waals surface area contributed by atoms with Crippen LogP contribution in [0.5, 0.6) is 0 Å². The molecule has 0 bridgehead atoms. The SMILES string of the molecule is C/C=C\CC(/C=C\C)CC.CC. The molecule has 0 saturated carbocycles. The zero-order chi connectivity index (χ0) is 9.82. The molecule has 0 aromatic heterocycles. The molecule has 0 heteroatoms. The molecule has 0 spiro atoms. The van der Waals surface area contributed by atoms with Gasteiger partial charge in [-0.15, -0.1) is 0 Å². The van der Waals surface area contributed by atoms with E-state index >= 15 is 0 Å². The second kappa shape index (κ2) is 13.1. The summed E-state index contributed by atoms with van der Waals surface area (Å²) >= 11 is 0. The Balaban J connectivity index is 0. The fourth-order valence-corrected chi connectivity index (χ4v) is 0.964. The van der Waals surface area contributed by atoms with Crippen LogP contribution in [0.15, 0.2) is 24.3 Å². The maximum absolute atomic E-state index is 2.28. The predicted molar refractivity (Wildman–Crippen MR) is 59.4 cm³/mol. The Bertz CT molecular complexity index is 109. The second-order valence-electron chi connectivity index (χ2n) is 2.50. The third kappa shape index (κ3) is 9.48. The molecule has 72 valence electrons. The van der Waals surface area contributed by atoms with Gasteiger partial charge in [-0.25, -0.2) is 0 Å². The van der Waals surface area contributed by atoms with E-state index in [0.29, 0.717) is 0 Å². The van der Waals surface area contributed by atoms with E-state index in [-0.39, 0.29) is 0 Å². The highest BCUT2D eigenvalue weighted by Gasteiger charge is 1.95. The van der Waals surface area contributed by atoms with Gasteiger partial charge in [-0.1, -0.05) is 45.1 Å². The lowest BCUT2D eigenvalue weighted by Crippen LogP contribution is -1.90. The largest absolute Gasteiger partial charge is 0.0916 e. The first kappa shape index (κ1) is 14.0. The molecule has 0 amide bonds. The van der Waals surface area contributed by atoms with Crippen LogP contribution in [0, 0.1) is 5.92 Å². The minimum atomic E-state index is 0.751. The molecular formula is C12H24. The van der Waals surface area contributed by atoms with E-state index in [1.807, 2.05) is 13.8 Å². The van der Waals surface area contributed by atoms with Gasteiger partial charge in [0.05, 0.1) is 0 Å². The number of allylic oxidation sites excluding steroid dienone is 4.